The van der Waals surface area contributed by atoms with Gasteiger partial charge in [0.05, 0.1) is 11.3 Å². The van der Waals surface area contributed by atoms with Crippen LogP contribution in [0.1, 0.15) is 15.9 Å². The first-order valence-electron chi connectivity index (χ1n) is 4.94. The van der Waals surface area contributed by atoms with Crippen LogP contribution in [-0.2, 0) is 0 Å². The number of hydrogen-bond acceptors (Lipinski definition) is 2. The van der Waals surface area contributed by atoms with E-state index in [0.29, 0.717) is 0 Å². The van der Waals surface area contributed by atoms with Crippen LogP contribution in [0.2, 0.25) is 0 Å². The normalized spacial score (nSPS) is 10.2. The van der Waals surface area contributed by atoms with E-state index >= 15 is 0 Å². The van der Waals surface area contributed by atoms with Gasteiger partial charge in [-0.25, -0.2) is 8.78 Å². The summed E-state index contributed by atoms with van der Waals surface area (Å²) in [6.45, 7) is 0. The first-order valence-corrected chi connectivity index (χ1v) is 4.94. The molecule has 0 saturated heterocycles. The van der Waals surface area contributed by atoms with Crippen molar-refractivity contribution < 1.29 is 13.6 Å². The standard InChI is InChI=1S/C13H9F2NO/c14-9-6-10(12(15)11(16)7-9)13(17)8-4-2-1-3-5-8/h1-7H,16H2. The Morgan fingerprint density at radius 1 is 1.06 bits per heavy atom. The number of anilines is 1. The lowest BCUT2D eigenvalue weighted by atomic mass is 10.0. The molecule has 0 bridgehead atoms. The number of rotatable bonds is 2. The van der Waals surface area contributed by atoms with Gasteiger partial charge in [-0.2, -0.15) is 0 Å². The minimum Gasteiger partial charge on any atom is -0.396 e. The number of nitrogen functional groups attached to an aromatic ring is 1. The second-order valence-electron chi connectivity index (χ2n) is 3.55. The molecule has 2 rings (SSSR count). The van der Waals surface area contributed by atoms with Gasteiger partial charge in [-0.1, -0.05) is 30.3 Å². The zero-order valence-electron chi connectivity index (χ0n) is 8.78. The van der Waals surface area contributed by atoms with Crippen molar-refractivity contribution in [2.45, 2.75) is 0 Å². The molecular formula is C13H9F2NO. The van der Waals surface area contributed by atoms with Crippen LogP contribution >= 0.6 is 0 Å². The van der Waals surface area contributed by atoms with Crippen molar-refractivity contribution >= 4 is 11.5 Å². The van der Waals surface area contributed by atoms with E-state index in [-0.39, 0.29) is 16.8 Å². The Bertz CT molecular complexity index is 567. The van der Waals surface area contributed by atoms with Gasteiger partial charge in [0.25, 0.3) is 0 Å². The van der Waals surface area contributed by atoms with E-state index in [2.05, 4.69) is 0 Å². The highest BCUT2D eigenvalue weighted by Gasteiger charge is 2.17. The summed E-state index contributed by atoms with van der Waals surface area (Å²) in [5, 5.41) is 0. The summed E-state index contributed by atoms with van der Waals surface area (Å²) in [7, 11) is 0. The van der Waals surface area contributed by atoms with Crippen LogP contribution in [0.4, 0.5) is 14.5 Å². The van der Waals surface area contributed by atoms with Gasteiger partial charge in [0.2, 0.25) is 0 Å². The number of carbonyl (C=O) groups is 1. The van der Waals surface area contributed by atoms with Gasteiger partial charge in [0.1, 0.15) is 5.82 Å². The minimum atomic E-state index is -0.889. The van der Waals surface area contributed by atoms with Gasteiger partial charge in [-0.05, 0) is 12.1 Å². The van der Waals surface area contributed by atoms with Crippen molar-refractivity contribution in [1.82, 2.24) is 0 Å². The molecule has 0 saturated carbocycles. The zero-order valence-corrected chi connectivity index (χ0v) is 8.78. The average molecular weight is 233 g/mol. The van der Waals surface area contributed by atoms with E-state index in [4.69, 9.17) is 5.73 Å². The fourth-order valence-corrected chi connectivity index (χ4v) is 1.52. The second-order valence-corrected chi connectivity index (χ2v) is 3.55. The van der Waals surface area contributed by atoms with E-state index in [9.17, 15) is 13.6 Å². The fourth-order valence-electron chi connectivity index (χ4n) is 1.52. The Kier molecular flexibility index (Phi) is 2.87. The summed E-state index contributed by atoms with van der Waals surface area (Å²) in [5.41, 5.74) is 4.83. The predicted molar refractivity (Wildman–Crippen MR) is 60.6 cm³/mol. The Labute approximate surface area is 96.7 Å². The van der Waals surface area contributed by atoms with E-state index < -0.39 is 17.4 Å². The number of hydrogen-bond donors (Lipinski definition) is 1. The zero-order chi connectivity index (χ0) is 12.4. The maximum atomic E-state index is 13.6. The molecule has 0 unspecified atom stereocenters. The molecule has 0 amide bonds. The van der Waals surface area contributed by atoms with Crippen molar-refractivity contribution in [3.8, 4) is 0 Å². The molecule has 0 aromatic heterocycles. The van der Waals surface area contributed by atoms with Crippen LogP contribution in [0.25, 0.3) is 0 Å². The summed E-state index contributed by atoms with van der Waals surface area (Å²) in [6, 6.07) is 9.78. The maximum absolute atomic E-state index is 13.6. The number of halogens is 2. The highest BCUT2D eigenvalue weighted by atomic mass is 19.1. The van der Waals surface area contributed by atoms with Gasteiger partial charge in [0.15, 0.2) is 11.6 Å². The van der Waals surface area contributed by atoms with Crippen LogP contribution in [-0.4, -0.2) is 5.78 Å². The van der Waals surface area contributed by atoms with Gasteiger partial charge >= 0.3 is 0 Å². The Morgan fingerprint density at radius 2 is 1.71 bits per heavy atom. The molecule has 17 heavy (non-hydrogen) atoms. The number of ketones is 1. The first-order chi connectivity index (χ1) is 8.09. The molecule has 0 aliphatic heterocycles. The Morgan fingerprint density at radius 3 is 2.35 bits per heavy atom. The predicted octanol–water partition coefficient (Wildman–Crippen LogP) is 2.78. The molecule has 2 nitrogen and oxygen atoms in total. The molecule has 2 aromatic carbocycles. The third-order valence-electron chi connectivity index (χ3n) is 2.35. The van der Waals surface area contributed by atoms with Crippen LogP contribution in [0, 0.1) is 11.6 Å². The second kappa shape index (κ2) is 4.33. The third-order valence-corrected chi connectivity index (χ3v) is 2.35. The monoisotopic (exact) mass is 233 g/mol. The fraction of sp³-hybridized carbons (Fsp3) is 0. The Hall–Kier alpha value is -2.23. The lowest BCUT2D eigenvalue weighted by Gasteiger charge is -2.05. The highest BCUT2D eigenvalue weighted by molar-refractivity contribution is 6.09. The Balaban J connectivity index is 2.52. The van der Waals surface area contributed by atoms with E-state index in [1.54, 1.807) is 18.2 Å². The topological polar surface area (TPSA) is 43.1 Å². The largest absolute Gasteiger partial charge is 0.396 e. The van der Waals surface area contributed by atoms with Gasteiger partial charge < -0.3 is 5.73 Å². The van der Waals surface area contributed by atoms with Crippen molar-refractivity contribution in [3.05, 3.63) is 65.2 Å². The summed E-state index contributed by atoms with van der Waals surface area (Å²) in [5.74, 6) is -2.21. The molecule has 0 fully saturated rings. The summed E-state index contributed by atoms with van der Waals surface area (Å²) >= 11 is 0. The van der Waals surface area contributed by atoms with Gasteiger partial charge in [-0.3, -0.25) is 4.79 Å². The SMILES string of the molecule is Nc1cc(F)cc(C(=O)c2ccccc2)c1F. The van der Waals surface area contributed by atoms with E-state index in [1.165, 1.54) is 12.1 Å². The maximum Gasteiger partial charge on any atom is 0.196 e. The minimum absolute atomic E-state index is 0.288. The molecule has 0 aliphatic carbocycles. The van der Waals surface area contributed by atoms with Crippen molar-refractivity contribution in [2.75, 3.05) is 5.73 Å². The van der Waals surface area contributed by atoms with Crippen LogP contribution in [0.15, 0.2) is 42.5 Å². The lowest BCUT2D eigenvalue weighted by molar-refractivity contribution is 0.103. The average Bonchev–Trinajstić information content (AvgIpc) is 2.34. The van der Waals surface area contributed by atoms with Crippen molar-refractivity contribution in [3.63, 3.8) is 0 Å². The third kappa shape index (κ3) is 2.15. The smallest absolute Gasteiger partial charge is 0.196 e. The van der Waals surface area contributed by atoms with Crippen LogP contribution in [0.5, 0.6) is 0 Å². The first kappa shape index (κ1) is 11.3. The summed E-state index contributed by atoms with van der Waals surface area (Å²) in [6.07, 6.45) is 0. The lowest BCUT2D eigenvalue weighted by Crippen LogP contribution is -2.07. The molecule has 2 aromatic rings. The molecule has 0 aliphatic rings. The molecular weight excluding hydrogens is 224 g/mol. The van der Waals surface area contributed by atoms with Gasteiger partial charge in [0, 0.05) is 5.56 Å². The van der Waals surface area contributed by atoms with Crippen molar-refractivity contribution in [2.24, 2.45) is 0 Å². The summed E-state index contributed by atoms with van der Waals surface area (Å²) < 4.78 is 26.7. The van der Waals surface area contributed by atoms with Crippen LogP contribution < -0.4 is 5.73 Å². The van der Waals surface area contributed by atoms with Crippen LogP contribution in [0.3, 0.4) is 0 Å². The summed E-state index contributed by atoms with van der Waals surface area (Å²) in [4.78, 5) is 11.9. The molecule has 0 radical (unpaired) electrons. The van der Waals surface area contributed by atoms with Crippen molar-refractivity contribution in [1.29, 1.82) is 0 Å². The molecule has 0 heterocycles. The highest BCUT2D eigenvalue weighted by Crippen LogP contribution is 2.20. The molecule has 0 spiro atoms. The van der Waals surface area contributed by atoms with Gasteiger partial charge in [-0.15, -0.1) is 0 Å². The number of carbonyl (C=O) groups excluding carboxylic acids is 1. The van der Waals surface area contributed by atoms with E-state index in [1.807, 2.05) is 0 Å². The molecule has 4 heteroatoms. The molecule has 86 valence electrons. The molecule has 2 N–H and O–H groups in total. The quantitative estimate of drug-likeness (QED) is 0.640. The number of nitrogens with two attached hydrogens (primary N) is 1. The molecule has 0 atom stereocenters. The van der Waals surface area contributed by atoms with E-state index in [0.717, 1.165) is 12.1 Å². The number of benzene rings is 2.